The minimum Gasteiger partial charge on any atom is -0.480 e. The lowest BCUT2D eigenvalue weighted by atomic mass is 10.1. The molecule has 0 aliphatic carbocycles. The van der Waals surface area contributed by atoms with Gasteiger partial charge < -0.3 is 37.5 Å². The SMILES string of the molecule is NCCCC[C@H](N)C(=O)Oc1ccc(C[C@H](N)C(=O)OC[C@H](N)C(=O)O)cc1. The summed E-state index contributed by atoms with van der Waals surface area (Å²) in [6.45, 7) is 0.0908. The minimum atomic E-state index is -1.30. The van der Waals surface area contributed by atoms with Gasteiger partial charge >= 0.3 is 17.9 Å². The van der Waals surface area contributed by atoms with Crippen molar-refractivity contribution in [3.05, 3.63) is 29.8 Å². The van der Waals surface area contributed by atoms with Crippen molar-refractivity contribution in [1.82, 2.24) is 0 Å². The molecule has 0 aliphatic rings. The Morgan fingerprint density at radius 3 is 2.14 bits per heavy atom. The smallest absolute Gasteiger partial charge is 0.328 e. The first-order valence-corrected chi connectivity index (χ1v) is 8.91. The lowest BCUT2D eigenvalue weighted by molar-refractivity contribution is -0.149. The summed E-state index contributed by atoms with van der Waals surface area (Å²) in [5.74, 6) is -2.23. The standard InChI is InChI=1S/C18H28N4O6/c19-8-2-1-3-13(20)18(26)28-12-6-4-11(5-7-12)9-14(21)17(25)27-10-15(22)16(23)24/h4-7,13-15H,1-3,8-10,19-22H2,(H,23,24)/t13-,14-,15-/m0/s1. The van der Waals surface area contributed by atoms with E-state index in [4.69, 9.17) is 37.5 Å². The molecule has 0 unspecified atom stereocenters. The summed E-state index contributed by atoms with van der Waals surface area (Å²) in [7, 11) is 0. The highest BCUT2D eigenvalue weighted by Gasteiger charge is 2.20. The summed E-state index contributed by atoms with van der Waals surface area (Å²) in [6.07, 6.45) is 2.20. The van der Waals surface area contributed by atoms with E-state index in [1.807, 2.05) is 0 Å². The van der Waals surface area contributed by atoms with E-state index >= 15 is 0 Å². The molecule has 0 saturated heterocycles. The van der Waals surface area contributed by atoms with Gasteiger partial charge in [0.15, 0.2) is 0 Å². The zero-order valence-electron chi connectivity index (χ0n) is 15.6. The highest BCUT2D eigenvalue weighted by atomic mass is 16.5. The van der Waals surface area contributed by atoms with Gasteiger partial charge in [-0.3, -0.25) is 9.59 Å². The first-order chi connectivity index (χ1) is 13.2. The number of hydrogen-bond acceptors (Lipinski definition) is 9. The van der Waals surface area contributed by atoms with Crippen LogP contribution in [0, 0.1) is 0 Å². The molecule has 0 spiro atoms. The van der Waals surface area contributed by atoms with E-state index in [0.29, 0.717) is 24.3 Å². The van der Waals surface area contributed by atoms with Crippen LogP contribution in [0.2, 0.25) is 0 Å². The Hall–Kier alpha value is -2.53. The van der Waals surface area contributed by atoms with E-state index < -0.39 is 42.6 Å². The average Bonchev–Trinajstić information content (AvgIpc) is 2.67. The van der Waals surface area contributed by atoms with E-state index in [2.05, 4.69) is 0 Å². The van der Waals surface area contributed by atoms with Crippen LogP contribution < -0.4 is 27.7 Å². The minimum absolute atomic E-state index is 0.161. The Kier molecular flexibility index (Phi) is 10.1. The summed E-state index contributed by atoms with van der Waals surface area (Å²) < 4.78 is 10.00. The Balaban J connectivity index is 2.48. The summed E-state index contributed by atoms with van der Waals surface area (Å²) in [4.78, 5) is 34.3. The van der Waals surface area contributed by atoms with Crippen molar-refractivity contribution < 1.29 is 29.0 Å². The van der Waals surface area contributed by atoms with E-state index in [0.717, 1.165) is 12.8 Å². The van der Waals surface area contributed by atoms with Crippen LogP contribution in [0.1, 0.15) is 24.8 Å². The Labute approximate surface area is 163 Å². The quantitative estimate of drug-likeness (QED) is 0.164. The number of rotatable bonds is 12. The third-order valence-corrected chi connectivity index (χ3v) is 3.89. The normalized spacial score (nSPS) is 14.0. The molecule has 0 fully saturated rings. The maximum Gasteiger partial charge on any atom is 0.328 e. The molecule has 1 aromatic rings. The number of hydrogen-bond donors (Lipinski definition) is 5. The summed E-state index contributed by atoms with van der Waals surface area (Å²) in [5, 5.41) is 8.65. The monoisotopic (exact) mass is 396 g/mol. The lowest BCUT2D eigenvalue weighted by Crippen LogP contribution is -2.40. The number of carbonyl (C=O) groups excluding carboxylic acids is 2. The van der Waals surface area contributed by atoms with Gasteiger partial charge in [0, 0.05) is 0 Å². The van der Waals surface area contributed by atoms with Gasteiger partial charge in [0.05, 0.1) is 0 Å². The number of carboxylic acid groups (broad SMARTS) is 1. The molecule has 0 heterocycles. The number of nitrogens with two attached hydrogens (primary N) is 4. The van der Waals surface area contributed by atoms with Gasteiger partial charge in [0.2, 0.25) is 0 Å². The Morgan fingerprint density at radius 2 is 1.57 bits per heavy atom. The molecule has 0 radical (unpaired) electrons. The molecule has 10 heteroatoms. The first-order valence-electron chi connectivity index (χ1n) is 8.91. The maximum atomic E-state index is 11.9. The van der Waals surface area contributed by atoms with Crippen LogP contribution >= 0.6 is 0 Å². The predicted molar refractivity (Wildman–Crippen MR) is 101 cm³/mol. The van der Waals surface area contributed by atoms with E-state index in [9.17, 15) is 14.4 Å². The largest absolute Gasteiger partial charge is 0.480 e. The number of ether oxygens (including phenoxy) is 2. The highest BCUT2D eigenvalue weighted by Crippen LogP contribution is 2.15. The van der Waals surface area contributed by atoms with E-state index in [-0.39, 0.29) is 6.42 Å². The van der Waals surface area contributed by atoms with Gasteiger partial charge in [-0.15, -0.1) is 0 Å². The maximum absolute atomic E-state index is 11.9. The first kappa shape index (κ1) is 23.5. The molecule has 1 aromatic carbocycles. The molecule has 0 amide bonds. The third kappa shape index (κ3) is 8.44. The number of esters is 2. The zero-order valence-corrected chi connectivity index (χ0v) is 15.6. The van der Waals surface area contributed by atoms with Gasteiger partial charge in [-0.05, 0) is 43.5 Å². The molecule has 0 bridgehead atoms. The Bertz CT molecular complexity index is 652. The Morgan fingerprint density at radius 1 is 0.929 bits per heavy atom. The van der Waals surface area contributed by atoms with Crippen LogP contribution in [-0.4, -0.2) is 54.3 Å². The molecule has 156 valence electrons. The average molecular weight is 396 g/mol. The summed E-state index contributed by atoms with van der Waals surface area (Å²) in [6, 6.07) is 3.44. The fraction of sp³-hybridized carbons (Fsp3) is 0.500. The number of benzene rings is 1. The van der Waals surface area contributed by atoms with Gasteiger partial charge in [-0.25, -0.2) is 4.79 Å². The predicted octanol–water partition coefficient (Wildman–Crippen LogP) is -1.13. The molecule has 28 heavy (non-hydrogen) atoms. The van der Waals surface area contributed by atoms with Crippen molar-refractivity contribution in [2.24, 2.45) is 22.9 Å². The molecular weight excluding hydrogens is 368 g/mol. The van der Waals surface area contributed by atoms with Crippen molar-refractivity contribution in [2.75, 3.05) is 13.2 Å². The third-order valence-electron chi connectivity index (χ3n) is 3.89. The second-order valence-electron chi connectivity index (χ2n) is 6.34. The van der Waals surface area contributed by atoms with Crippen LogP contribution in [0.4, 0.5) is 0 Å². The molecular formula is C18H28N4O6. The van der Waals surface area contributed by atoms with Gasteiger partial charge in [0.1, 0.15) is 30.5 Å². The van der Waals surface area contributed by atoms with Crippen molar-refractivity contribution in [1.29, 1.82) is 0 Å². The zero-order chi connectivity index (χ0) is 21.1. The second-order valence-corrected chi connectivity index (χ2v) is 6.34. The van der Waals surface area contributed by atoms with Gasteiger partial charge in [-0.2, -0.15) is 0 Å². The molecule has 0 saturated carbocycles. The van der Waals surface area contributed by atoms with Crippen molar-refractivity contribution in [3.8, 4) is 5.75 Å². The van der Waals surface area contributed by atoms with Crippen LogP contribution in [0.5, 0.6) is 5.75 Å². The fourth-order valence-electron chi connectivity index (χ4n) is 2.20. The van der Waals surface area contributed by atoms with Gasteiger partial charge in [0.25, 0.3) is 0 Å². The lowest BCUT2D eigenvalue weighted by Gasteiger charge is -2.14. The van der Waals surface area contributed by atoms with Crippen molar-refractivity contribution >= 4 is 17.9 Å². The summed E-state index contributed by atoms with van der Waals surface area (Å²) >= 11 is 0. The molecule has 3 atom stereocenters. The van der Waals surface area contributed by atoms with Crippen LogP contribution in [-0.2, 0) is 25.5 Å². The molecule has 0 aliphatic heterocycles. The van der Waals surface area contributed by atoms with Crippen molar-refractivity contribution in [2.45, 2.75) is 43.8 Å². The number of aliphatic carboxylic acids is 1. The number of carboxylic acids is 1. The number of carbonyl (C=O) groups is 3. The second kappa shape index (κ2) is 12.0. The fourth-order valence-corrected chi connectivity index (χ4v) is 2.20. The molecule has 0 aromatic heterocycles. The topological polar surface area (TPSA) is 194 Å². The van der Waals surface area contributed by atoms with Gasteiger partial charge in [-0.1, -0.05) is 18.6 Å². The number of unbranched alkanes of at least 4 members (excludes halogenated alkanes) is 1. The molecule has 1 rings (SSSR count). The van der Waals surface area contributed by atoms with Crippen LogP contribution in [0.3, 0.4) is 0 Å². The van der Waals surface area contributed by atoms with Crippen LogP contribution in [0.15, 0.2) is 24.3 Å². The van der Waals surface area contributed by atoms with Crippen LogP contribution in [0.25, 0.3) is 0 Å². The highest BCUT2D eigenvalue weighted by molar-refractivity contribution is 5.78. The van der Waals surface area contributed by atoms with Crippen molar-refractivity contribution in [3.63, 3.8) is 0 Å². The van der Waals surface area contributed by atoms with E-state index in [1.165, 1.54) is 0 Å². The van der Waals surface area contributed by atoms with E-state index in [1.54, 1.807) is 24.3 Å². The molecule has 9 N–H and O–H groups in total. The summed E-state index contributed by atoms with van der Waals surface area (Å²) in [5.41, 5.74) is 22.9. The molecule has 10 nitrogen and oxygen atoms in total.